The van der Waals surface area contributed by atoms with Gasteiger partial charge in [-0.3, -0.25) is 4.99 Å². The first-order valence-electron chi connectivity index (χ1n) is 9.40. The number of hydrogen-bond acceptors (Lipinski definition) is 4. The van der Waals surface area contributed by atoms with Crippen LogP contribution in [0.15, 0.2) is 72.0 Å². The van der Waals surface area contributed by atoms with E-state index >= 15 is 0 Å². The van der Waals surface area contributed by atoms with Crippen molar-refractivity contribution in [2.45, 2.75) is 19.6 Å². The van der Waals surface area contributed by atoms with Gasteiger partial charge in [-0.15, -0.1) is 24.0 Å². The van der Waals surface area contributed by atoms with Gasteiger partial charge in [0, 0.05) is 38.1 Å². The second-order valence-electron chi connectivity index (χ2n) is 6.33. The molecule has 8 heteroatoms. The molecule has 0 aliphatic heterocycles. The molecule has 0 atom stereocenters. The summed E-state index contributed by atoms with van der Waals surface area (Å²) in [6.07, 6.45) is 4.34. The number of rotatable bonds is 8. The van der Waals surface area contributed by atoms with Gasteiger partial charge in [-0.25, -0.2) is 9.97 Å². The van der Waals surface area contributed by atoms with Crippen LogP contribution in [-0.4, -0.2) is 29.5 Å². The average Bonchev–Trinajstić information content (AvgIpc) is 2.77. The first-order chi connectivity index (χ1) is 14.2. The van der Waals surface area contributed by atoms with Gasteiger partial charge in [0.1, 0.15) is 11.8 Å². The summed E-state index contributed by atoms with van der Waals surface area (Å²) in [4.78, 5) is 12.7. The van der Waals surface area contributed by atoms with E-state index in [2.05, 4.69) is 25.6 Å². The highest BCUT2D eigenvalue weighted by Gasteiger charge is 2.07. The summed E-state index contributed by atoms with van der Waals surface area (Å²) in [5.41, 5.74) is 3.18. The van der Waals surface area contributed by atoms with Gasteiger partial charge in [-0.05, 0) is 29.7 Å². The minimum atomic E-state index is 0. The molecule has 0 spiro atoms. The molecule has 3 rings (SSSR count). The average molecular weight is 538 g/mol. The number of nitrogens with one attached hydrogen (secondary N) is 2. The molecule has 0 fully saturated rings. The zero-order valence-corrected chi connectivity index (χ0v) is 19.8. The van der Waals surface area contributed by atoms with Crippen molar-refractivity contribution in [3.8, 4) is 5.88 Å². The van der Waals surface area contributed by atoms with E-state index in [1.165, 1.54) is 0 Å². The Hall–Kier alpha value is -2.39. The first kappa shape index (κ1) is 23.9. The van der Waals surface area contributed by atoms with E-state index in [-0.39, 0.29) is 24.0 Å². The predicted octanol–water partition coefficient (Wildman–Crippen LogP) is 4.23. The van der Waals surface area contributed by atoms with Gasteiger partial charge in [0.05, 0.1) is 0 Å². The first-order valence-corrected chi connectivity index (χ1v) is 9.78. The van der Waals surface area contributed by atoms with Crippen LogP contribution < -0.4 is 15.4 Å². The number of pyridine rings is 2. The minimum Gasteiger partial charge on any atom is -0.473 e. The highest BCUT2D eigenvalue weighted by atomic mass is 127. The predicted molar refractivity (Wildman–Crippen MR) is 132 cm³/mol. The highest BCUT2D eigenvalue weighted by molar-refractivity contribution is 14.0. The molecule has 0 radical (unpaired) electrons. The van der Waals surface area contributed by atoms with Gasteiger partial charge >= 0.3 is 0 Å². The van der Waals surface area contributed by atoms with E-state index in [0.29, 0.717) is 30.1 Å². The summed E-state index contributed by atoms with van der Waals surface area (Å²) in [6, 6.07) is 17.7. The molecule has 6 nitrogen and oxygen atoms in total. The highest BCUT2D eigenvalue weighted by Crippen LogP contribution is 2.16. The molecule has 0 unspecified atom stereocenters. The van der Waals surface area contributed by atoms with Crippen LogP contribution in [0.3, 0.4) is 0 Å². The van der Waals surface area contributed by atoms with E-state index in [9.17, 15) is 0 Å². The fourth-order valence-corrected chi connectivity index (χ4v) is 2.81. The third kappa shape index (κ3) is 7.79. The Morgan fingerprint density at radius 1 is 1.00 bits per heavy atom. The quantitative estimate of drug-likeness (QED) is 0.195. The lowest BCUT2D eigenvalue weighted by molar-refractivity contribution is 0.290. The molecule has 1 aromatic carbocycles. The smallest absolute Gasteiger partial charge is 0.218 e. The Kier molecular flexibility index (Phi) is 10.4. The van der Waals surface area contributed by atoms with E-state index < -0.39 is 0 Å². The third-order valence-corrected chi connectivity index (χ3v) is 4.46. The van der Waals surface area contributed by atoms with Gasteiger partial charge in [0.25, 0.3) is 0 Å². The summed E-state index contributed by atoms with van der Waals surface area (Å²) in [7, 11) is 1.75. The van der Waals surface area contributed by atoms with Crippen LogP contribution in [0, 0.1) is 0 Å². The summed E-state index contributed by atoms with van der Waals surface area (Å²) in [5.74, 6) is 1.33. The van der Waals surface area contributed by atoms with Crippen molar-refractivity contribution >= 4 is 41.5 Å². The lowest BCUT2D eigenvalue weighted by Gasteiger charge is -2.14. The Bertz CT molecular complexity index is 922. The van der Waals surface area contributed by atoms with Crippen LogP contribution in [-0.2, 0) is 19.6 Å². The SMILES string of the molecule is CN=C(NCCc1ccc(Cl)nc1)NCc1cccnc1OCc1ccccc1.I. The molecular formula is C22H25ClIN5O. The van der Waals surface area contributed by atoms with Gasteiger partial charge in [0.15, 0.2) is 5.96 Å². The summed E-state index contributed by atoms with van der Waals surface area (Å²) < 4.78 is 5.91. The number of ether oxygens (including phenoxy) is 1. The van der Waals surface area contributed by atoms with Gasteiger partial charge in [0.2, 0.25) is 5.88 Å². The van der Waals surface area contributed by atoms with Crippen molar-refractivity contribution in [3.05, 3.63) is 88.8 Å². The van der Waals surface area contributed by atoms with Crippen LogP contribution in [0.2, 0.25) is 5.15 Å². The molecule has 2 heterocycles. The molecule has 30 heavy (non-hydrogen) atoms. The third-order valence-electron chi connectivity index (χ3n) is 4.23. The van der Waals surface area contributed by atoms with E-state index in [0.717, 1.165) is 29.7 Å². The van der Waals surface area contributed by atoms with Gasteiger partial charge in [-0.2, -0.15) is 0 Å². The summed E-state index contributed by atoms with van der Waals surface area (Å²) >= 11 is 5.82. The molecule has 158 valence electrons. The van der Waals surface area contributed by atoms with Crippen molar-refractivity contribution in [2.75, 3.05) is 13.6 Å². The Balaban J connectivity index is 0.00000320. The van der Waals surface area contributed by atoms with Crippen molar-refractivity contribution in [3.63, 3.8) is 0 Å². The molecule has 0 amide bonds. The topological polar surface area (TPSA) is 71.4 Å². The minimum absolute atomic E-state index is 0. The lowest BCUT2D eigenvalue weighted by atomic mass is 10.2. The zero-order chi connectivity index (χ0) is 20.3. The Morgan fingerprint density at radius 2 is 1.83 bits per heavy atom. The zero-order valence-electron chi connectivity index (χ0n) is 16.7. The molecule has 0 aliphatic rings. The normalized spacial score (nSPS) is 10.8. The van der Waals surface area contributed by atoms with E-state index in [1.807, 2.05) is 48.5 Å². The maximum atomic E-state index is 5.91. The Morgan fingerprint density at radius 3 is 2.57 bits per heavy atom. The van der Waals surface area contributed by atoms with Gasteiger partial charge < -0.3 is 15.4 Å². The number of hydrogen-bond donors (Lipinski definition) is 2. The van der Waals surface area contributed by atoms with Crippen molar-refractivity contribution in [1.82, 2.24) is 20.6 Å². The number of nitrogens with zero attached hydrogens (tertiary/aromatic N) is 3. The maximum Gasteiger partial charge on any atom is 0.218 e. The Labute approximate surface area is 199 Å². The van der Waals surface area contributed by atoms with Crippen molar-refractivity contribution < 1.29 is 4.74 Å². The summed E-state index contributed by atoms with van der Waals surface area (Å²) in [5, 5.41) is 7.10. The maximum absolute atomic E-state index is 5.91. The van der Waals surface area contributed by atoms with Crippen LogP contribution in [0.4, 0.5) is 0 Å². The number of guanidine groups is 1. The molecule has 2 aromatic heterocycles. The fourth-order valence-electron chi connectivity index (χ4n) is 2.69. The second kappa shape index (κ2) is 13.0. The number of aliphatic imine (C=N–C) groups is 1. The molecule has 0 saturated carbocycles. The second-order valence-corrected chi connectivity index (χ2v) is 6.72. The molecular weight excluding hydrogens is 513 g/mol. The molecule has 2 N–H and O–H groups in total. The van der Waals surface area contributed by atoms with Crippen molar-refractivity contribution in [1.29, 1.82) is 0 Å². The van der Waals surface area contributed by atoms with E-state index in [1.54, 1.807) is 25.5 Å². The van der Waals surface area contributed by atoms with Crippen molar-refractivity contribution in [2.24, 2.45) is 4.99 Å². The fraction of sp³-hybridized carbons (Fsp3) is 0.227. The monoisotopic (exact) mass is 537 g/mol. The molecule has 0 aliphatic carbocycles. The summed E-state index contributed by atoms with van der Waals surface area (Å²) in [6.45, 7) is 1.76. The number of halogens is 2. The standard InChI is InChI=1S/C22H24ClN5O.HI/c1-24-22(26-13-11-17-9-10-20(23)27-14-17)28-15-19-8-5-12-25-21(19)29-16-18-6-3-2-4-7-18;/h2-10,12,14H,11,13,15-16H2,1H3,(H2,24,26,28);1H. The molecule has 0 bridgehead atoms. The van der Waals surface area contributed by atoms with Crippen LogP contribution in [0.1, 0.15) is 16.7 Å². The lowest BCUT2D eigenvalue weighted by Crippen LogP contribution is -2.38. The number of aromatic nitrogens is 2. The number of benzene rings is 1. The largest absolute Gasteiger partial charge is 0.473 e. The van der Waals surface area contributed by atoms with Crippen LogP contribution in [0.25, 0.3) is 0 Å². The van der Waals surface area contributed by atoms with Crippen LogP contribution in [0.5, 0.6) is 5.88 Å². The van der Waals surface area contributed by atoms with E-state index in [4.69, 9.17) is 16.3 Å². The van der Waals surface area contributed by atoms with Gasteiger partial charge in [-0.1, -0.05) is 54.1 Å². The molecule has 0 saturated heterocycles. The molecule has 3 aromatic rings. The van der Waals surface area contributed by atoms with Crippen LogP contribution >= 0.6 is 35.6 Å².